The van der Waals surface area contributed by atoms with Gasteiger partial charge >= 0.3 is 0 Å². The lowest BCUT2D eigenvalue weighted by Gasteiger charge is -2.38. The van der Waals surface area contributed by atoms with Crippen LogP contribution in [0.2, 0.25) is 0 Å². The van der Waals surface area contributed by atoms with Gasteiger partial charge in [0.1, 0.15) is 22.5 Å². The van der Waals surface area contributed by atoms with Gasteiger partial charge in [-0.15, -0.1) is 0 Å². The number of Topliss-reactive ketones (excluding diaryl/α,β-unsaturated/α-hetero) is 1. The molecule has 2 aromatic carbocycles. The van der Waals surface area contributed by atoms with E-state index in [0.29, 0.717) is 42.5 Å². The first-order chi connectivity index (χ1) is 29.7. The van der Waals surface area contributed by atoms with E-state index in [2.05, 4.69) is 37.9 Å². The Hall–Kier alpha value is -4.10. The van der Waals surface area contributed by atoms with Gasteiger partial charge in [-0.25, -0.2) is 0 Å². The fourth-order valence-electron chi connectivity index (χ4n) is 8.99. The summed E-state index contributed by atoms with van der Waals surface area (Å²) in [4.78, 5) is 41.3. The molecule has 0 saturated carbocycles. The number of aliphatic hydroxyl groups is 2. The number of benzene rings is 2. The van der Waals surface area contributed by atoms with Crippen molar-refractivity contribution < 1.29 is 39.5 Å². The lowest BCUT2D eigenvalue weighted by molar-refractivity contribution is -0.235. The van der Waals surface area contributed by atoms with Gasteiger partial charge in [0.05, 0.1) is 35.1 Å². The summed E-state index contributed by atoms with van der Waals surface area (Å²) < 4.78 is 12.3. The molecule has 5 rings (SSSR count). The van der Waals surface area contributed by atoms with Crippen LogP contribution in [-0.4, -0.2) is 86.9 Å². The molecule has 3 aliphatic heterocycles. The predicted octanol–water partition coefficient (Wildman–Crippen LogP) is 9.09. The molecule has 0 radical (unpaired) electrons. The summed E-state index contributed by atoms with van der Waals surface area (Å²) in [6.07, 6.45) is 10.3. The number of aromatic hydroxyl groups is 2. The third-order valence-corrected chi connectivity index (χ3v) is 12.0. The number of nitrogens with one attached hydrogen (secondary N) is 1. The van der Waals surface area contributed by atoms with Crippen molar-refractivity contribution in [3.63, 3.8) is 0 Å². The van der Waals surface area contributed by atoms with Crippen LogP contribution in [0.1, 0.15) is 145 Å². The number of aliphatic hydroxyl groups excluding tert-OH is 1. The zero-order valence-corrected chi connectivity index (χ0v) is 41.1. The molecule has 12 heteroatoms. The molecule has 12 nitrogen and oxygen atoms in total. The average molecular weight is 877 g/mol. The summed E-state index contributed by atoms with van der Waals surface area (Å²) in [7, 11) is 0. The molecular weight excluding hydrogens is 797 g/mol. The lowest BCUT2D eigenvalue weighted by Crippen LogP contribution is -2.44. The number of nitrogens with zero attached hydrogens (tertiary/aromatic N) is 3. The van der Waals surface area contributed by atoms with Crippen LogP contribution in [0.25, 0.3) is 10.8 Å². The first-order valence-electron chi connectivity index (χ1n) is 23.5. The zero-order valence-electron chi connectivity index (χ0n) is 41.1. The molecule has 1 unspecified atom stereocenters. The van der Waals surface area contributed by atoms with Crippen LogP contribution in [0.4, 0.5) is 5.69 Å². The Bertz CT molecular complexity index is 2110. The van der Waals surface area contributed by atoms with Crippen LogP contribution in [0.15, 0.2) is 45.9 Å². The van der Waals surface area contributed by atoms with E-state index >= 15 is 0 Å². The molecule has 5 N–H and O–H groups in total. The highest BCUT2D eigenvalue weighted by atomic mass is 16.6. The Morgan fingerprint density at radius 3 is 2.14 bits per heavy atom. The first-order valence-corrected chi connectivity index (χ1v) is 23.5. The number of ketones is 1. The Morgan fingerprint density at radius 2 is 1.56 bits per heavy atom. The van der Waals surface area contributed by atoms with Gasteiger partial charge in [-0.2, -0.15) is 0 Å². The molecule has 352 valence electrons. The average Bonchev–Trinajstić information content (AvgIpc) is 3.61. The number of hydrogen-bond donors (Lipinski definition) is 5. The monoisotopic (exact) mass is 877 g/mol. The molecular formula is C51H80N4O8. The minimum Gasteiger partial charge on any atom is -0.507 e. The number of likely N-dealkylation sites (tertiary alicyclic amines) is 1. The highest BCUT2D eigenvalue weighted by Gasteiger charge is 2.40. The smallest absolute Gasteiger partial charge is 0.251 e. The minimum absolute atomic E-state index is 0.00277. The largest absolute Gasteiger partial charge is 0.507 e. The molecule has 1 amide bonds. The summed E-state index contributed by atoms with van der Waals surface area (Å²) >= 11 is 0. The van der Waals surface area contributed by atoms with E-state index in [9.17, 15) is 30.0 Å². The second-order valence-electron chi connectivity index (χ2n) is 18.3. The van der Waals surface area contributed by atoms with E-state index in [1.165, 1.54) is 0 Å². The fraction of sp³-hybridized carbons (Fsp3) is 0.647. The number of phenolic OH excluding ortho intramolecular Hbond substituents is 2. The van der Waals surface area contributed by atoms with Crippen LogP contribution in [0.5, 0.6) is 17.2 Å². The van der Waals surface area contributed by atoms with Gasteiger partial charge < -0.3 is 40.1 Å². The van der Waals surface area contributed by atoms with Crippen molar-refractivity contribution in [2.24, 2.45) is 39.6 Å². The van der Waals surface area contributed by atoms with Crippen LogP contribution >= 0.6 is 0 Å². The first kappa shape index (κ1) is 53.2. The number of ether oxygens (including phenoxy) is 2. The summed E-state index contributed by atoms with van der Waals surface area (Å²) in [6.45, 7) is 31.3. The van der Waals surface area contributed by atoms with Crippen molar-refractivity contribution in [3.05, 3.63) is 57.8 Å². The zero-order chi connectivity index (χ0) is 47.6. The molecule has 1 fully saturated rings. The van der Waals surface area contributed by atoms with Gasteiger partial charge in [0.15, 0.2) is 23.0 Å². The summed E-state index contributed by atoms with van der Waals surface area (Å²) in [6, 6.07) is 0. The summed E-state index contributed by atoms with van der Waals surface area (Å²) in [5.74, 6) is -2.71. The number of phenols is 2. The molecule has 2 aromatic rings. The topological polar surface area (TPSA) is 174 Å². The Morgan fingerprint density at radius 1 is 0.937 bits per heavy atom. The molecule has 1 saturated heterocycles. The van der Waals surface area contributed by atoms with E-state index in [-0.39, 0.29) is 86.9 Å². The molecule has 3 heterocycles. The third-order valence-electron chi connectivity index (χ3n) is 12.0. The standard InChI is InChI=1S/C47H68N4O8.2C2H6/c1-12-58-44-32(9)41(54)36-35-34(44)33(52)19-14-13-17-28(5)40(53)31(8)43(59-46(10,11)57)30(7)24-27(4)16-15-18-29(6)45(56)48-39(42(36)55)38-37(35)49-47(50-38)20-22-51(23-21-47)25-26(2)3;2*1-2/h13-16,18,26-28,30-31,40,43,53-55,57H,12,17,19-25H2,1-11H3,(H,48,56);2*1-2H3/b14-13+,16-15+,29-18-;;/t27-,28+,30+,31-,40?,43+;;/m0../s1. The van der Waals surface area contributed by atoms with Crippen LogP contribution in [0, 0.1) is 36.5 Å². The predicted molar refractivity (Wildman–Crippen MR) is 254 cm³/mol. The van der Waals surface area contributed by atoms with E-state index in [1.807, 2.05) is 59.8 Å². The number of anilines is 1. The van der Waals surface area contributed by atoms with Crippen LogP contribution < -0.4 is 20.8 Å². The van der Waals surface area contributed by atoms with Crippen molar-refractivity contribution >= 4 is 28.2 Å². The van der Waals surface area contributed by atoms with Crippen LogP contribution in [-0.2, 0) is 9.53 Å². The van der Waals surface area contributed by atoms with Crippen molar-refractivity contribution in [1.82, 2.24) is 4.90 Å². The van der Waals surface area contributed by atoms with Crippen LogP contribution in [0.3, 0.4) is 0 Å². The second kappa shape index (κ2) is 23.2. The number of rotatable bonds is 6. The maximum atomic E-state index is 14.6. The van der Waals surface area contributed by atoms with Gasteiger partial charge in [-0.3, -0.25) is 19.6 Å². The van der Waals surface area contributed by atoms with E-state index < -0.39 is 35.3 Å². The Labute approximate surface area is 377 Å². The number of piperidine rings is 1. The van der Waals surface area contributed by atoms with Crippen molar-refractivity contribution in [3.8, 4) is 17.2 Å². The lowest BCUT2D eigenvalue weighted by atomic mass is 9.80. The van der Waals surface area contributed by atoms with Gasteiger partial charge in [0, 0.05) is 61.3 Å². The number of carbonyl (C=O) groups is 2. The SMILES string of the molecule is CC.CC.CCOc1c(C)c(O)c2c(O)c3c4c(c2c1C(=O)C/C=C/C[C@@H](C)C(O)[C@H](C)[C@H](OC(C)(C)O)[C@H](C)C[C@@H](C)/C=C/C=C(/C)C(=O)N3)=NC1(CCN(CC(C)C)CC1)N=4. The molecule has 63 heavy (non-hydrogen) atoms. The molecule has 3 aliphatic rings. The number of carbonyl (C=O) groups excluding carboxylic acids is 2. The van der Waals surface area contributed by atoms with E-state index in [0.717, 1.165) is 19.6 Å². The number of hydrogen-bond acceptors (Lipinski definition) is 11. The number of allylic oxidation sites excluding steroid dienone is 5. The fourth-order valence-corrected chi connectivity index (χ4v) is 8.99. The maximum Gasteiger partial charge on any atom is 0.251 e. The molecule has 1 spiro atoms. The number of amides is 1. The Balaban J connectivity index is 0.00000256. The van der Waals surface area contributed by atoms with Crippen molar-refractivity contribution in [2.75, 3.05) is 31.6 Å². The summed E-state index contributed by atoms with van der Waals surface area (Å²) in [5.41, 5.74) is -0.0512. The van der Waals surface area contributed by atoms with E-state index in [4.69, 9.17) is 19.5 Å². The summed E-state index contributed by atoms with van der Waals surface area (Å²) in [5, 5.41) is 50.0. The van der Waals surface area contributed by atoms with E-state index in [1.54, 1.807) is 46.8 Å². The molecule has 0 aliphatic carbocycles. The molecule has 2 bridgehead atoms. The van der Waals surface area contributed by atoms with Gasteiger partial charge in [0.2, 0.25) is 0 Å². The minimum atomic E-state index is -1.41. The normalized spacial score (nSPS) is 26.6. The Kier molecular flexibility index (Phi) is 19.6. The quantitative estimate of drug-likeness (QED) is 0.108. The molecule has 6 atom stereocenters. The molecule has 0 aromatic heterocycles. The van der Waals surface area contributed by atoms with Gasteiger partial charge in [-0.05, 0) is 71.1 Å². The second-order valence-corrected chi connectivity index (χ2v) is 18.3. The van der Waals surface area contributed by atoms with Crippen molar-refractivity contribution in [1.29, 1.82) is 0 Å². The van der Waals surface area contributed by atoms with Crippen molar-refractivity contribution in [2.45, 2.75) is 160 Å². The van der Waals surface area contributed by atoms with Gasteiger partial charge in [0.25, 0.3) is 5.91 Å². The highest BCUT2D eigenvalue weighted by molar-refractivity contribution is 6.16. The third kappa shape index (κ3) is 12.8. The maximum absolute atomic E-state index is 14.6. The van der Waals surface area contributed by atoms with Gasteiger partial charge in [-0.1, -0.05) is 99.6 Å². The highest BCUT2D eigenvalue weighted by Crippen LogP contribution is 2.45.